The van der Waals surface area contributed by atoms with E-state index in [9.17, 15) is 0 Å². The average molecular weight is 246 g/mol. The topological polar surface area (TPSA) is 57.5 Å². The fourth-order valence-corrected chi connectivity index (χ4v) is 0. The van der Waals surface area contributed by atoms with Gasteiger partial charge in [-0.1, -0.05) is 0 Å². The Labute approximate surface area is 81.5 Å². The SMILES string of the molecule is O=[Si](O)O.[Be+2].[H-].[H-].[Zn].[Zr]. The fraction of sp³-hybridized carbons (Fsp3) is 0. The van der Waals surface area contributed by atoms with Crippen LogP contribution in [0.15, 0.2) is 0 Å². The molecule has 0 aromatic heterocycles. The van der Waals surface area contributed by atoms with Crippen molar-refractivity contribution in [3.05, 3.63) is 0 Å². The van der Waals surface area contributed by atoms with Crippen LogP contribution in [0.3, 0.4) is 0 Å². The third-order valence-electron chi connectivity index (χ3n) is 0. The largest absolute Gasteiger partial charge is 2.00 e. The summed E-state index contributed by atoms with van der Waals surface area (Å²) in [6.07, 6.45) is 0. The monoisotopic (exact) mass is 243 g/mol. The molecule has 2 N–H and O–H groups in total. The van der Waals surface area contributed by atoms with Crippen molar-refractivity contribution in [3.63, 3.8) is 0 Å². The molecule has 0 fully saturated rings. The molecule has 34 valence electrons. The normalized spacial score (nSPS) is 3.43. The van der Waals surface area contributed by atoms with Gasteiger partial charge in [-0.15, -0.1) is 0 Å². The molecule has 0 rings (SSSR count). The van der Waals surface area contributed by atoms with Crippen molar-refractivity contribution in [1.29, 1.82) is 0 Å². The molecule has 0 unspecified atom stereocenters. The van der Waals surface area contributed by atoms with E-state index in [-0.39, 0.29) is 58.7 Å². The molecule has 0 bridgehead atoms. The second kappa shape index (κ2) is 15.7. The van der Waals surface area contributed by atoms with Crippen molar-refractivity contribution in [1.82, 2.24) is 0 Å². The Hall–Kier alpha value is 1.29. The number of hydrogen-bond acceptors (Lipinski definition) is 1. The molecule has 0 aliphatic rings. The number of rotatable bonds is 0. The zero-order valence-electron chi connectivity index (χ0n) is 5.72. The molecule has 0 amide bonds. The van der Waals surface area contributed by atoms with E-state index in [1.165, 1.54) is 0 Å². The first-order chi connectivity index (χ1) is 1.73. The Morgan fingerprint density at radius 1 is 1.43 bits per heavy atom. The van der Waals surface area contributed by atoms with Crippen LogP contribution < -0.4 is 0 Å². The Bertz CT molecular complexity index is 44.8. The quantitative estimate of drug-likeness (QED) is 0.497. The van der Waals surface area contributed by atoms with Crippen LogP contribution in [0.25, 0.3) is 0 Å². The molecule has 0 radical (unpaired) electrons. The summed E-state index contributed by atoms with van der Waals surface area (Å²) in [5.74, 6) is 0. The van der Waals surface area contributed by atoms with Crippen LogP contribution in [-0.4, -0.2) is 28.9 Å². The summed E-state index contributed by atoms with van der Waals surface area (Å²) in [7, 11) is -3.13. The van der Waals surface area contributed by atoms with Crippen molar-refractivity contribution >= 4 is 19.3 Å². The molecule has 0 spiro atoms. The van der Waals surface area contributed by atoms with Gasteiger partial charge in [0.25, 0.3) is 0 Å². The minimum absolute atomic E-state index is 0. The van der Waals surface area contributed by atoms with Gasteiger partial charge in [0.2, 0.25) is 0 Å². The van der Waals surface area contributed by atoms with E-state index >= 15 is 0 Å². The number of hydrogen-bond donors (Lipinski definition) is 2. The van der Waals surface area contributed by atoms with Gasteiger partial charge in [-0.05, 0) is 0 Å². The second-order valence-corrected chi connectivity index (χ2v) is 0.848. The van der Waals surface area contributed by atoms with Crippen LogP contribution >= 0.6 is 0 Å². The molecule has 0 heterocycles. The molecule has 7 heavy (non-hydrogen) atoms. The standard InChI is InChI=1S/Be.H2O3Si.Zn.Zr.2H/c;1-4(2)3;;;;/h;1-2H;;;;/q+2;;;;2*-1. The van der Waals surface area contributed by atoms with Gasteiger partial charge >= 0.3 is 19.3 Å². The maximum Gasteiger partial charge on any atom is 2.00 e. The van der Waals surface area contributed by atoms with Crippen LogP contribution in [0.5, 0.6) is 0 Å². The molecule has 0 aromatic rings. The molecule has 0 aliphatic carbocycles. The molecule has 0 atom stereocenters. The third-order valence-corrected chi connectivity index (χ3v) is 0. The van der Waals surface area contributed by atoms with E-state index in [4.69, 9.17) is 14.1 Å². The fourth-order valence-electron chi connectivity index (χ4n) is 0. The van der Waals surface area contributed by atoms with Crippen molar-refractivity contribution in [3.8, 4) is 0 Å². The summed E-state index contributed by atoms with van der Waals surface area (Å²) in [5, 5.41) is 0. The average Bonchev–Trinajstić information content (AvgIpc) is 0.811. The van der Waals surface area contributed by atoms with E-state index < -0.39 is 9.17 Å². The third kappa shape index (κ3) is 122. The summed E-state index contributed by atoms with van der Waals surface area (Å²) in [6.45, 7) is 0. The van der Waals surface area contributed by atoms with Gasteiger partial charge in [-0.3, -0.25) is 4.46 Å². The van der Waals surface area contributed by atoms with Crippen LogP contribution in [0.2, 0.25) is 0 Å². The first kappa shape index (κ1) is 23.9. The van der Waals surface area contributed by atoms with Crippen LogP contribution in [0.1, 0.15) is 2.85 Å². The van der Waals surface area contributed by atoms with Crippen molar-refractivity contribution < 1.29 is 62.6 Å². The zero-order valence-corrected chi connectivity index (χ0v) is 10.1. The predicted octanol–water partition coefficient (Wildman–Crippen LogP) is -1.77. The molecule has 0 aliphatic heterocycles. The second-order valence-electron chi connectivity index (χ2n) is 0.283. The predicted molar refractivity (Wildman–Crippen MR) is 18.9 cm³/mol. The first-order valence-electron chi connectivity index (χ1n) is 0.651. The van der Waals surface area contributed by atoms with E-state index in [1.807, 2.05) is 0 Å². The minimum atomic E-state index is -3.13. The van der Waals surface area contributed by atoms with Gasteiger partial charge in [0.1, 0.15) is 0 Å². The zero-order chi connectivity index (χ0) is 3.58. The van der Waals surface area contributed by atoms with E-state index in [1.54, 1.807) is 0 Å². The van der Waals surface area contributed by atoms with Gasteiger partial charge in [0, 0.05) is 45.7 Å². The Balaban J connectivity index is -0.00000000450. The summed E-state index contributed by atoms with van der Waals surface area (Å²) in [4.78, 5) is 14.3. The molecule has 3 nitrogen and oxygen atoms in total. The van der Waals surface area contributed by atoms with Crippen molar-refractivity contribution in [2.75, 3.05) is 0 Å². The van der Waals surface area contributed by atoms with E-state index in [0.29, 0.717) is 0 Å². The molecule has 7 heteroatoms. The van der Waals surface area contributed by atoms with Gasteiger partial charge in [0.05, 0.1) is 0 Å². The van der Waals surface area contributed by atoms with Crippen molar-refractivity contribution in [2.45, 2.75) is 0 Å². The Kier molecular flexibility index (Phi) is 53.6. The van der Waals surface area contributed by atoms with Crippen LogP contribution in [-0.2, 0) is 50.1 Å². The van der Waals surface area contributed by atoms with E-state index in [2.05, 4.69) is 0 Å². The van der Waals surface area contributed by atoms with Crippen LogP contribution in [0, 0.1) is 0 Å². The van der Waals surface area contributed by atoms with Crippen LogP contribution in [0.4, 0.5) is 0 Å². The van der Waals surface area contributed by atoms with Crippen molar-refractivity contribution in [2.24, 2.45) is 0 Å². The maximum atomic E-state index is 8.74. The summed E-state index contributed by atoms with van der Waals surface area (Å²) < 4.78 is 8.74. The minimum Gasteiger partial charge on any atom is -1.00 e. The van der Waals surface area contributed by atoms with Gasteiger partial charge in [-0.2, -0.15) is 0 Å². The molecule has 0 saturated heterocycles. The molecular formula is H4BeO3SiZnZr. The van der Waals surface area contributed by atoms with Gasteiger partial charge in [0.15, 0.2) is 0 Å². The summed E-state index contributed by atoms with van der Waals surface area (Å²) >= 11 is 0. The Morgan fingerprint density at radius 3 is 1.43 bits per heavy atom. The molecular weight excluding hydrogens is 242 g/mol. The maximum absolute atomic E-state index is 8.74. The summed E-state index contributed by atoms with van der Waals surface area (Å²) in [5.41, 5.74) is 0. The molecule has 0 aromatic carbocycles. The first-order valence-corrected chi connectivity index (χ1v) is 1.95. The Morgan fingerprint density at radius 2 is 1.43 bits per heavy atom. The summed E-state index contributed by atoms with van der Waals surface area (Å²) in [6, 6.07) is 0. The van der Waals surface area contributed by atoms with Gasteiger partial charge < -0.3 is 12.4 Å². The van der Waals surface area contributed by atoms with Gasteiger partial charge in [-0.25, -0.2) is 0 Å². The smallest absolute Gasteiger partial charge is 1.00 e. The van der Waals surface area contributed by atoms with E-state index in [0.717, 1.165) is 0 Å². The molecule has 0 saturated carbocycles.